The molecule has 3 aromatic rings. The van der Waals surface area contributed by atoms with Gasteiger partial charge in [0.2, 0.25) is 11.8 Å². The van der Waals surface area contributed by atoms with E-state index in [4.69, 9.17) is 4.74 Å². The number of nitrogens with one attached hydrogen (secondary N) is 2. The van der Waals surface area contributed by atoms with Crippen LogP contribution < -0.4 is 10.6 Å². The van der Waals surface area contributed by atoms with Crippen molar-refractivity contribution >= 4 is 35.3 Å². The van der Waals surface area contributed by atoms with E-state index in [1.54, 1.807) is 6.08 Å². The molecular weight excluding hydrogens is 450 g/mol. The first kappa shape index (κ1) is 23.7. The average Bonchev–Trinajstić information content (AvgIpc) is 3.51. The number of rotatable bonds is 9. The molecule has 0 saturated carbocycles. The molecule has 2 heterocycles. The smallest absolute Gasteiger partial charge is 0.248 e. The van der Waals surface area contributed by atoms with E-state index < -0.39 is 0 Å². The number of thioether (sulfide) groups is 1. The van der Waals surface area contributed by atoms with Gasteiger partial charge in [0.1, 0.15) is 0 Å². The number of hydrogen-bond donors (Lipinski definition) is 2. The number of ether oxygens (including phenoxy) is 1. The van der Waals surface area contributed by atoms with Gasteiger partial charge in [-0.05, 0) is 48.7 Å². The summed E-state index contributed by atoms with van der Waals surface area (Å²) in [6, 6.07) is 17.1. The van der Waals surface area contributed by atoms with E-state index in [1.807, 2.05) is 66.2 Å². The molecule has 2 aromatic carbocycles. The molecule has 1 saturated heterocycles. The highest BCUT2D eigenvalue weighted by Crippen LogP contribution is 2.24. The maximum Gasteiger partial charge on any atom is 0.248 e. The third kappa shape index (κ3) is 6.55. The first-order chi connectivity index (χ1) is 16.6. The number of amides is 2. The van der Waals surface area contributed by atoms with Crippen molar-refractivity contribution in [1.82, 2.24) is 20.1 Å². The molecule has 0 bridgehead atoms. The van der Waals surface area contributed by atoms with Crippen LogP contribution in [0.2, 0.25) is 0 Å². The Morgan fingerprint density at radius 2 is 1.94 bits per heavy atom. The Labute approximate surface area is 202 Å². The largest absolute Gasteiger partial charge is 0.376 e. The number of hydrogen-bond acceptors (Lipinski definition) is 6. The topological polar surface area (TPSA) is 98.1 Å². The molecule has 0 radical (unpaired) electrons. The number of benzene rings is 2. The summed E-state index contributed by atoms with van der Waals surface area (Å²) in [6.07, 6.45) is 5.45. The van der Waals surface area contributed by atoms with Crippen molar-refractivity contribution in [3.8, 4) is 11.4 Å². The molecule has 176 valence electrons. The van der Waals surface area contributed by atoms with Crippen LogP contribution in [0.5, 0.6) is 0 Å². The van der Waals surface area contributed by atoms with Gasteiger partial charge in [-0.2, -0.15) is 0 Å². The summed E-state index contributed by atoms with van der Waals surface area (Å²) in [5.74, 6) is 0.697. The molecular formula is C25H27N5O3S. The van der Waals surface area contributed by atoms with Gasteiger partial charge >= 0.3 is 0 Å². The fourth-order valence-corrected chi connectivity index (χ4v) is 4.27. The van der Waals surface area contributed by atoms with Crippen molar-refractivity contribution in [1.29, 1.82) is 0 Å². The number of carbonyl (C=O) groups excluding carboxylic acids is 2. The molecule has 1 atom stereocenters. The zero-order valence-electron chi connectivity index (χ0n) is 18.9. The van der Waals surface area contributed by atoms with Crippen LogP contribution in [0.4, 0.5) is 5.69 Å². The Morgan fingerprint density at radius 3 is 2.68 bits per heavy atom. The molecule has 0 aliphatic carbocycles. The minimum absolute atomic E-state index is 0.0496. The third-order valence-corrected chi connectivity index (χ3v) is 6.38. The first-order valence-corrected chi connectivity index (χ1v) is 12.1. The predicted octanol–water partition coefficient (Wildman–Crippen LogP) is 3.52. The SMILES string of the molecule is Cn1c(SCC(=O)NCC2CCCO2)nnc1-c1ccc(NC(=O)C=Cc2ccccc2)cc1. The van der Waals surface area contributed by atoms with Crippen molar-refractivity contribution < 1.29 is 14.3 Å². The van der Waals surface area contributed by atoms with Crippen molar-refractivity contribution in [2.75, 3.05) is 24.2 Å². The van der Waals surface area contributed by atoms with E-state index in [0.717, 1.165) is 30.6 Å². The van der Waals surface area contributed by atoms with Crippen LogP contribution in [0.3, 0.4) is 0 Å². The number of nitrogens with zero attached hydrogens (tertiary/aromatic N) is 3. The summed E-state index contributed by atoms with van der Waals surface area (Å²) in [5, 5.41) is 14.9. The average molecular weight is 478 g/mol. The second kappa shape index (κ2) is 11.6. The summed E-state index contributed by atoms with van der Waals surface area (Å²) in [7, 11) is 1.87. The molecule has 1 aliphatic heterocycles. The quantitative estimate of drug-likeness (QED) is 0.362. The number of carbonyl (C=O) groups is 2. The lowest BCUT2D eigenvalue weighted by molar-refractivity contribution is -0.119. The Kier molecular flexibility index (Phi) is 8.11. The van der Waals surface area contributed by atoms with Gasteiger partial charge in [-0.25, -0.2) is 0 Å². The monoisotopic (exact) mass is 477 g/mol. The zero-order chi connectivity index (χ0) is 23.8. The van der Waals surface area contributed by atoms with Crippen LogP contribution in [0, 0.1) is 0 Å². The van der Waals surface area contributed by atoms with E-state index in [9.17, 15) is 9.59 Å². The van der Waals surface area contributed by atoms with Crippen LogP contribution >= 0.6 is 11.8 Å². The van der Waals surface area contributed by atoms with Gasteiger partial charge in [0, 0.05) is 37.5 Å². The van der Waals surface area contributed by atoms with E-state index in [0.29, 0.717) is 23.2 Å². The van der Waals surface area contributed by atoms with E-state index in [2.05, 4.69) is 20.8 Å². The molecule has 0 spiro atoms. The van der Waals surface area contributed by atoms with Gasteiger partial charge in [0.05, 0.1) is 11.9 Å². The van der Waals surface area contributed by atoms with Crippen molar-refractivity contribution in [2.24, 2.45) is 7.05 Å². The zero-order valence-corrected chi connectivity index (χ0v) is 19.8. The summed E-state index contributed by atoms with van der Waals surface area (Å²) in [4.78, 5) is 24.3. The molecule has 34 heavy (non-hydrogen) atoms. The van der Waals surface area contributed by atoms with Crippen LogP contribution in [0.25, 0.3) is 17.5 Å². The molecule has 1 unspecified atom stereocenters. The van der Waals surface area contributed by atoms with Gasteiger partial charge in [0.15, 0.2) is 11.0 Å². The summed E-state index contributed by atoms with van der Waals surface area (Å²) in [5.41, 5.74) is 2.51. The normalized spacial score (nSPS) is 15.5. The molecule has 2 amide bonds. The molecule has 8 nitrogen and oxygen atoms in total. The molecule has 9 heteroatoms. The first-order valence-electron chi connectivity index (χ1n) is 11.1. The van der Waals surface area contributed by atoms with Crippen LogP contribution in [0.15, 0.2) is 65.8 Å². The fourth-order valence-electron chi connectivity index (χ4n) is 3.53. The van der Waals surface area contributed by atoms with Gasteiger partial charge in [-0.3, -0.25) is 9.59 Å². The summed E-state index contributed by atoms with van der Waals surface area (Å²) < 4.78 is 7.38. The van der Waals surface area contributed by atoms with Gasteiger partial charge < -0.3 is 19.9 Å². The maximum atomic E-state index is 12.2. The van der Waals surface area contributed by atoms with Gasteiger partial charge in [-0.15, -0.1) is 10.2 Å². The lowest BCUT2D eigenvalue weighted by atomic mass is 10.2. The highest BCUT2D eigenvalue weighted by Gasteiger charge is 2.17. The van der Waals surface area contributed by atoms with Gasteiger partial charge in [0.25, 0.3) is 0 Å². The minimum atomic E-state index is -0.202. The number of anilines is 1. The minimum Gasteiger partial charge on any atom is -0.376 e. The standard InChI is InChI=1S/C25H27N5O3S/c1-30-24(28-29-25(30)34-17-23(32)26-16-21-8-5-15-33-21)19-10-12-20(13-11-19)27-22(31)14-9-18-6-3-2-4-7-18/h2-4,6-7,9-14,21H,5,8,15-17H2,1H3,(H,26,32)(H,27,31). The Morgan fingerprint density at radius 1 is 1.15 bits per heavy atom. The van der Waals surface area contributed by atoms with E-state index >= 15 is 0 Å². The molecule has 1 aromatic heterocycles. The maximum absolute atomic E-state index is 12.2. The van der Waals surface area contributed by atoms with Crippen LogP contribution in [0.1, 0.15) is 18.4 Å². The van der Waals surface area contributed by atoms with E-state index in [1.165, 1.54) is 17.8 Å². The molecule has 2 N–H and O–H groups in total. The molecule has 1 fully saturated rings. The lowest BCUT2D eigenvalue weighted by Crippen LogP contribution is -2.32. The summed E-state index contributed by atoms with van der Waals surface area (Å²) >= 11 is 1.34. The Balaban J connectivity index is 1.29. The van der Waals surface area contributed by atoms with Gasteiger partial charge in [-0.1, -0.05) is 42.1 Å². The number of aromatic nitrogens is 3. The van der Waals surface area contributed by atoms with Crippen molar-refractivity contribution in [3.63, 3.8) is 0 Å². The highest BCUT2D eigenvalue weighted by molar-refractivity contribution is 7.99. The second-order valence-corrected chi connectivity index (χ2v) is 8.85. The Bertz CT molecular complexity index is 1140. The molecule has 1 aliphatic rings. The lowest BCUT2D eigenvalue weighted by Gasteiger charge is -2.10. The van der Waals surface area contributed by atoms with Crippen LogP contribution in [-0.2, 0) is 21.4 Å². The predicted molar refractivity (Wildman–Crippen MR) is 133 cm³/mol. The fraction of sp³-hybridized carbons (Fsp3) is 0.280. The Hall–Kier alpha value is -3.43. The van der Waals surface area contributed by atoms with Crippen molar-refractivity contribution in [3.05, 3.63) is 66.2 Å². The van der Waals surface area contributed by atoms with Crippen LogP contribution in [-0.4, -0.2) is 51.6 Å². The third-order valence-electron chi connectivity index (χ3n) is 5.36. The van der Waals surface area contributed by atoms with Crippen molar-refractivity contribution in [2.45, 2.75) is 24.1 Å². The molecule has 4 rings (SSSR count). The highest BCUT2D eigenvalue weighted by atomic mass is 32.2. The second-order valence-electron chi connectivity index (χ2n) is 7.90. The summed E-state index contributed by atoms with van der Waals surface area (Å²) in [6.45, 7) is 1.32. The van der Waals surface area contributed by atoms with E-state index in [-0.39, 0.29) is 23.7 Å².